The molecule has 0 amide bonds. The normalized spacial score (nSPS) is 9.93. The molecule has 4 aromatic carbocycles. The van der Waals surface area contributed by atoms with Crippen molar-refractivity contribution in [2.75, 3.05) is 10.6 Å². The van der Waals surface area contributed by atoms with E-state index in [4.69, 9.17) is 0 Å². The van der Waals surface area contributed by atoms with Gasteiger partial charge in [0.1, 0.15) is 11.5 Å². The highest BCUT2D eigenvalue weighted by Crippen LogP contribution is 2.26. The van der Waals surface area contributed by atoms with Crippen molar-refractivity contribution in [1.82, 2.24) is 0 Å². The first kappa shape index (κ1) is 20.8. The van der Waals surface area contributed by atoms with Crippen LogP contribution in [-0.2, 0) is 0 Å². The SMILES string of the molecule is Cc1ccc(Nc2ccccc2O)cc1.Cc1cccc(Nc2ccccc2O)c1. The van der Waals surface area contributed by atoms with Gasteiger partial charge < -0.3 is 20.8 Å². The summed E-state index contributed by atoms with van der Waals surface area (Å²) in [6.07, 6.45) is 0. The zero-order valence-electron chi connectivity index (χ0n) is 17.1. The summed E-state index contributed by atoms with van der Waals surface area (Å²) in [5, 5.41) is 25.5. The zero-order valence-corrected chi connectivity index (χ0v) is 17.1. The molecular formula is C26H26N2O2. The summed E-state index contributed by atoms with van der Waals surface area (Å²) in [5.41, 5.74) is 5.82. The lowest BCUT2D eigenvalue weighted by atomic mass is 10.2. The van der Waals surface area contributed by atoms with Crippen LogP contribution in [0.5, 0.6) is 11.5 Å². The molecule has 4 nitrogen and oxygen atoms in total. The van der Waals surface area contributed by atoms with Gasteiger partial charge in [0, 0.05) is 11.4 Å². The minimum absolute atomic E-state index is 0.262. The Morgan fingerprint density at radius 2 is 1.03 bits per heavy atom. The molecule has 4 aromatic rings. The van der Waals surface area contributed by atoms with Crippen LogP contribution in [0.15, 0.2) is 97.1 Å². The van der Waals surface area contributed by atoms with Crippen LogP contribution in [0.25, 0.3) is 0 Å². The largest absolute Gasteiger partial charge is 0.506 e. The number of para-hydroxylation sites is 4. The van der Waals surface area contributed by atoms with E-state index in [1.54, 1.807) is 24.3 Å². The number of aryl methyl sites for hydroxylation is 2. The number of phenolic OH excluding ortho intramolecular Hbond substituents is 2. The first-order valence-electron chi connectivity index (χ1n) is 9.74. The Morgan fingerprint density at radius 1 is 0.500 bits per heavy atom. The molecule has 0 aliphatic heterocycles. The van der Waals surface area contributed by atoms with Gasteiger partial charge in [0.15, 0.2) is 0 Å². The van der Waals surface area contributed by atoms with Crippen molar-refractivity contribution in [3.05, 3.63) is 108 Å². The number of hydrogen-bond acceptors (Lipinski definition) is 4. The first-order valence-corrected chi connectivity index (χ1v) is 9.74. The number of aromatic hydroxyl groups is 2. The van der Waals surface area contributed by atoms with Gasteiger partial charge in [0.2, 0.25) is 0 Å². The summed E-state index contributed by atoms with van der Waals surface area (Å²) in [6.45, 7) is 4.08. The van der Waals surface area contributed by atoms with E-state index in [1.165, 1.54) is 11.1 Å². The lowest BCUT2D eigenvalue weighted by Crippen LogP contribution is -1.90. The van der Waals surface area contributed by atoms with E-state index >= 15 is 0 Å². The van der Waals surface area contributed by atoms with Crippen molar-refractivity contribution in [2.45, 2.75) is 13.8 Å². The molecule has 0 aliphatic rings. The summed E-state index contributed by atoms with van der Waals surface area (Å²) < 4.78 is 0. The van der Waals surface area contributed by atoms with Crippen molar-refractivity contribution >= 4 is 22.7 Å². The molecular weight excluding hydrogens is 372 g/mol. The highest BCUT2D eigenvalue weighted by atomic mass is 16.3. The Kier molecular flexibility index (Phi) is 6.95. The lowest BCUT2D eigenvalue weighted by molar-refractivity contribution is 0.477. The fourth-order valence-electron chi connectivity index (χ4n) is 2.83. The fourth-order valence-corrected chi connectivity index (χ4v) is 2.83. The van der Waals surface area contributed by atoms with Crippen LogP contribution in [0.3, 0.4) is 0 Å². The van der Waals surface area contributed by atoms with E-state index in [0.717, 1.165) is 22.7 Å². The topological polar surface area (TPSA) is 64.5 Å². The molecule has 30 heavy (non-hydrogen) atoms. The second-order valence-corrected chi connectivity index (χ2v) is 7.02. The summed E-state index contributed by atoms with van der Waals surface area (Å²) in [4.78, 5) is 0. The molecule has 152 valence electrons. The predicted octanol–water partition coefficient (Wildman–Crippen LogP) is 6.89. The van der Waals surface area contributed by atoms with Gasteiger partial charge in [-0.3, -0.25) is 0 Å². The smallest absolute Gasteiger partial charge is 0.139 e. The maximum atomic E-state index is 9.58. The molecule has 0 fully saturated rings. The van der Waals surface area contributed by atoms with Crippen molar-refractivity contribution in [3.8, 4) is 11.5 Å². The van der Waals surface area contributed by atoms with Gasteiger partial charge in [-0.15, -0.1) is 0 Å². The highest BCUT2D eigenvalue weighted by molar-refractivity contribution is 5.66. The standard InChI is InChI=1S/2C13H13NO/c1-10-5-4-6-11(9-10)14-12-7-2-3-8-13(12)15;1-10-6-8-11(9-7-10)14-12-4-2-3-5-13(12)15/h2*2-9,14-15H,1H3. The Balaban J connectivity index is 0.000000171. The van der Waals surface area contributed by atoms with Gasteiger partial charge in [-0.05, 0) is 67.9 Å². The average Bonchev–Trinajstić information content (AvgIpc) is 2.74. The zero-order chi connectivity index (χ0) is 21.3. The number of anilines is 4. The number of benzene rings is 4. The van der Waals surface area contributed by atoms with Gasteiger partial charge >= 0.3 is 0 Å². The molecule has 0 atom stereocenters. The van der Waals surface area contributed by atoms with Crippen LogP contribution >= 0.6 is 0 Å². The third kappa shape index (κ3) is 6.04. The maximum absolute atomic E-state index is 9.58. The number of rotatable bonds is 4. The molecule has 0 heterocycles. The molecule has 0 bridgehead atoms. The summed E-state index contributed by atoms with van der Waals surface area (Å²) in [5.74, 6) is 0.525. The van der Waals surface area contributed by atoms with Crippen LogP contribution in [-0.4, -0.2) is 10.2 Å². The molecule has 0 aliphatic carbocycles. The molecule has 0 aromatic heterocycles. The first-order chi connectivity index (χ1) is 14.5. The Morgan fingerprint density at radius 3 is 1.57 bits per heavy atom. The van der Waals surface area contributed by atoms with Crippen LogP contribution in [0.1, 0.15) is 11.1 Å². The molecule has 4 rings (SSSR count). The summed E-state index contributed by atoms with van der Waals surface area (Å²) >= 11 is 0. The third-order valence-electron chi connectivity index (χ3n) is 4.44. The quantitative estimate of drug-likeness (QED) is 0.283. The number of phenols is 2. The average molecular weight is 399 g/mol. The molecule has 0 spiro atoms. The number of hydrogen-bond donors (Lipinski definition) is 4. The molecule has 0 saturated heterocycles. The highest BCUT2D eigenvalue weighted by Gasteiger charge is 2.00. The Hall–Kier alpha value is -3.92. The third-order valence-corrected chi connectivity index (χ3v) is 4.44. The van der Waals surface area contributed by atoms with Gasteiger partial charge in [-0.1, -0.05) is 54.1 Å². The predicted molar refractivity (Wildman–Crippen MR) is 125 cm³/mol. The number of nitrogens with one attached hydrogen (secondary N) is 2. The van der Waals surface area contributed by atoms with E-state index in [9.17, 15) is 10.2 Å². The minimum Gasteiger partial charge on any atom is -0.506 e. The molecule has 4 heteroatoms. The van der Waals surface area contributed by atoms with Crippen molar-refractivity contribution < 1.29 is 10.2 Å². The van der Waals surface area contributed by atoms with Gasteiger partial charge in [-0.2, -0.15) is 0 Å². The summed E-state index contributed by atoms with van der Waals surface area (Å²) in [6, 6.07) is 30.5. The van der Waals surface area contributed by atoms with Crippen molar-refractivity contribution in [2.24, 2.45) is 0 Å². The molecule has 0 unspecified atom stereocenters. The van der Waals surface area contributed by atoms with Crippen molar-refractivity contribution in [1.29, 1.82) is 0 Å². The van der Waals surface area contributed by atoms with Gasteiger partial charge in [0.25, 0.3) is 0 Å². The lowest BCUT2D eigenvalue weighted by Gasteiger charge is -2.08. The molecule has 4 N–H and O–H groups in total. The minimum atomic E-state index is 0.262. The van der Waals surface area contributed by atoms with E-state index in [1.807, 2.05) is 86.6 Å². The molecule has 0 radical (unpaired) electrons. The van der Waals surface area contributed by atoms with E-state index in [2.05, 4.69) is 10.6 Å². The monoisotopic (exact) mass is 398 g/mol. The van der Waals surface area contributed by atoms with Crippen LogP contribution in [0, 0.1) is 13.8 Å². The second kappa shape index (κ2) is 10.0. The van der Waals surface area contributed by atoms with Gasteiger partial charge in [0.05, 0.1) is 11.4 Å². The Labute approximate surface area is 177 Å². The van der Waals surface area contributed by atoms with E-state index in [0.29, 0.717) is 0 Å². The van der Waals surface area contributed by atoms with E-state index < -0.39 is 0 Å². The molecule has 0 saturated carbocycles. The maximum Gasteiger partial charge on any atom is 0.139 e. The summed E-state index contributed by atoms with van der Waals surface area (Å²) in [7, 11) is 0. The van der Waals surface area contributed by atoms with Crippen LogP contribution in [0.4, 0.5) is 22.7 Å². The Bertz CT molecular complexity index is 1090. The van der Waals surface area contributed by atoms with Crippen molar-refractivity contribution in [3.63, 3.8) is 0 Å². The second-order valence-electron chi connectivity index (χ2n) is 7.02. The van der Waals surface area contributed by atoms with Crippen LogP contribution < -0.4 is 10.6 Å². The van der Waals surface area contributed by atoms with Gasteiger partial charge in [-0.25, -0.2) is 0 Å². The fraction of sp³-hybridized carbons (Fsp3) is 0.0769. The van der Waals surface area contributed by atoms with E-state index in [-0.39, 0.29) is 11.5 Å². The van der Waals surface area contributed by atoms with Crippen LogP contribution in [0.2, 0.25) is 0 Å².